The summed E-state index contributed by atoms with van der Waals surface area (Å²) in [5, 5.41) is 0. The molecule has 0 saturated heterocycles. The molecule has 0 unspecified atom stereocenters. The Balaban J connectivity index is 2.30. The highest BCUT2D eigenvalue weighted by molar-refractivity contribution is 5.04. The molecule has 0 N–H and O–H groups in total. The van der Waals surface area contributed by atoms with Gasteiger partial charge in [-0.1, -0.05) is 0 Å². The molecule has 0 saturated carbocycles. The quantitative estimate of drug-likeness (QED) is 0.566. The summed E-state index contributed by atoms with van der Waals surface area (Å²) in [6, 6.07) is 0. The van der Waals surface area contributed by atoms with Crippen LogP contribution in [0.2, 0.25) is 0 Å². The van der Waals surface area contributed by atoms with E-state index in [1.54, 1.807) is 18.8 Å². The lowest BCUT2D eigenvalue weighted by Gasteiger charge is -1.96. The summed E-state index contributed by atoms with van der Waals surface area (Å²) in [5.74, 6) is 0.850. The van der Waals surface area contributed by atoms with E-state index < -0.39 is 0 Å². The molecule has 0 aliphatic carbocycles. The molecule has 1 aliphatic heterocycles. The highest BCUT2D eigenvalue weighted by Gasteiger charge is 1.99. The van der Waals surface area contributed by atoms with Gasteiger partial charge in [0.2, 0.25) is 0 Å². The molecule has 0 atom stereocenters. The third kappa shape index (κ3) is 2.94. The van der Waals surface area contributed by atoms with Gasteiger partial charge in [-0.25, -0.2) is 0 Å². The van der Waals surface area contributed by atoms with Crippen LogP contribution >= 0.6 is 0 Å². The molecule has 1 aliphatic rings. The van der Waals surface area contributed by atoms with Crippen LogP contribution in [0.4, 0.5) is 0 Å². The fourth-order valence-corrected chi connectivity index (χ4v) is 0.670. The maximum atomic E-state index is 5.09. The van der Waals surface area contributed by atoms with Crippen molar-refractivity contribution >= 4 is 0 Å². The first-order valence-electron chi connectivity index (χ1n) is 3.58. The molecule has 1 heterocycles. The van der Waals surface area contributed by atoms with Gasteiger partial charge in [0.15, 0.2) is 0 Å². The summed E-state index contributed by atoms with van der Waals surface area (Å²) in [4.78, 5) is 0. The lowest BCUT2D eigenvalue weighted by Crippen LogP contribution is -1.78. The van der Waals surface area contributed by atoms with Gasteiger partial charge in [0.25, 0.3) is 0 Å². The summed E-state index contributed by atoms with van der Waals surface area (Å²) in [6.07, 6.45) is 7.74. The predicted molar refractivity (Wildman–Crippen MR) is 43.4 cm³/mol. The van der Waals surface area contributed by atoms with Gasteiger partial charge < -0.3 is 9.47 Å². The third-order valence-electron chi connectivity index (χ3n) is 1.14. The summed E-state index contributed by atoms with van der Waals surface area (Å²) in [7, 11) is 0. The van der Waals surface area contributed by atoms with Gasteiger partial charge in [-0.05, 0) is 25.5 Å². The smallest absolute Gasteiger partial charge is 0.142 e. The topological polar surface area (TPSA) is 18.5 Å². The van der Waals surface area contributed by atoms with Crippen molar-refractivity contribution in [2.24, 2.45) is 0 Å². The van der Waals surface area contributed by atoms with Crippen molar-refractivity contribution in [1.82, 2.24) is 0 Å². The van der Waals surface area contributed by atoms with Crippen molar-refractivity contribution in [3.63, 3.8) is 0 Å². The molecule has 0 bridgehead atoms. The molecule has 0 radical (unpaired) electrons. The molecule has 0 fully saturated rings. The molecule has 0 spiro atoms. The Morgan fingerprint density at radius 2 is 2.45 bits per heavy atom. The zero-order valence-corrected chi connectivity index (χ0v) is 6.83. The molecule has 0 aromatic heterocycles. The van der Waals surface area contributed by atoms with Gasteiger partial charge in [-0.2, -0.15) is 0 Å². The monoisotopic (exact) mass is 152 g/mol. The minimum absolute atomic E-state index is 0.830. The lowest BCUT2D eigenvalue weighted by atomic mass is 10.4. The molecule has 0 amide bonds. The molecule has 11 heavy (non-hydrogen) atoms. The van der Waals surface area contributed by atoms with Crippen LogP contribution in [0, 0.1) is 0 Å². The van der Waals surface area contributed by atoms with Gasteiger partial charge in [-0.3, -0.25) is 0 Å². The summed E-state index contributed by atoms with van der Waals surface area (Å²) < 4.78 is 10.2. The second kappa shape index (κ2) is 3.86. The number of ether oxygens (including phenoxy) is 2. The minimum Gasteiger partial charge on any atom is -0.469 e. The Morgan fingerprint density at radius 1 is 1.64 bits per heavy atom. The Labute approximate surface area is 66.8 Å². The van der Waals surface area contributed by atoms with E-state index in [1.807, 2.05) is 19.9 Å². The first kappa shape index (κ1) is 7.92. The number of rotatable bonds is 2. The van der Waals surface area contributed by atoms with E-state index in [2.05, 4.69) is 0 Å². The van der Waals surface area contributed by atoms with Gasteiger partial charge in [0.1, 0.15) is 12.0 Å². The van der Waals surface area contributed by atoms with Crippen LogP contribution in [0.25, 0.3) is 0 Å². The van der Waals surface area contributed by atoms with Crippen LogP contribution in [0.15, 0.2) is 36.2 Å². The van der Waals surface area contributed by atoms with Crippen LogP contribution in [0.3, 0.4) is 0 Å². The van der Waals surface area contributed by atoms with Gasteiger partial charge in [0.05, 0.1) is 12.5 Å². The zero-order chi connectivity index (χ0) is 8.10. The average Bonchev–Trinajstić information content (AvgIpc) is 2.39. The first-order chi connectivity index (χ1) is 5.29. The predicted octanol–water partition coefficient (Wildman–Crippen LogP) is 2.70. The van der Waals surface area contributed by atoms with Crippen molar-refractivity contribution in [2.45, 2.75) is 20.3 Å². The Kier molecular flexibility index (Phi) is 2.78. The summed E-state index contributed by atoms with van der Waals surface area (Å²) >= 11 is 0. The van der Waals surface area contributed by atoms with Gasteiger partial charge in [-0.15, -0.1) is 0 Å². The Morgan fingerprint density at radius 3 is 3.00 bits per heavy atom. The molecule has 0 aromatic carbocycles. The fraction of sp³-hybridized carbons (Fsp3) is 0.333. The van der Waals surface area contributed by atoms with Crippen LogP contribution in [-0.2, 0) is 9.47 Å². The highest BCUT2D eigenvalue weighted by atomic mass is 16.5. The van der Waals surface area contributed by atoms with Crippen molar-refractivity contribution in [3.8, 4) is 0 Å². The number of hydrogen-bond acceptors (Lipinski definition) is 2. The number of hydrogen-bond donors (Lipinski definition) is 0. The zero-order valence-electron chi connectivity index (χ0n) is 6.83. The Bertz CT molecular complexity index is 198. The molecule has 1 rings (SSSR count). The second-order valence-electron chi connectivity index (χ2n) is 2.61. The van der Waals surface area contributed by atoms with E-state index in [0.29, 0.717) is 0 Å². The lowest BCUT2D eigenvalue weighted by molar-refractivity contribution is 0.315. The maximum Gasteiger partial charge on any atom is 0.142 e. The molecule has 60 valence electrons. The van der Waals surface area contributed by atoms with Crippen molar-refractivity contribution in [1.29, 1.82) is 0 Å². The van der Waals surface area contributed by atoms with E-state index in [0.717, 1.165) is 17.8 Å². The minimum atomic E-state index is 0.830. The van der Waals surface area contributed by atoms with Crippen molar-refractivity contribution in [2.75, 3.05) is 0 Å². The van der Waals surface area contributed by atoms with Crippen molar-refractivity contribution in [3.05, 3.63) is 36.2 Å². The largest absolute Gasteiger partial charge is 0.469 e. The van der Waals surface area contributed by atoms with E-state index in [-0.39, 0.29) is 0 Å². The second-order valence-corrected chi connectivity index (χ2v) is 2.61. The van der Waals surface area contributed by atoms with Crippen LogP contribution < -0.4 is 0 Å². The van der Waals surface area contributed by atoms with Gasteiger partial charge in [0, 0.05) is 6.42 Å². The van der Waals surface area contributed by atoms with E-state index in [1.165, 1.54) is 0 Å². The van der Waals surface area contributed by atoms with E-state index in [9.17, 15) is 0 Å². The fourth-order valence-electron chi connectivity index (χ4n) is 0.670. The third-order valence-corrected chi connectivity index (χ3v) is 1.14. The molecular weight excluding hydrogens is 140 g/mol. The standard InChI is InChI=1S/C9H12O2/c1-8(2)6-10-7-9-4-3-5-11-9/h3,5-7H,4H2,1-2H3/b9-7-. The summed E-state index contributed by atoms with van der Waals surface area (Å²) in [5.41, 5.74) is 1.13. The van der Waals surface area contributed by atoms with Gasteiger partial charge >= 0.3 is 0 Å². The average molecular weight is 152 g/mol. The number of allylic oxidation sites excluding steroid dienone is 2. The SMILES string of the molecule is CC(C)=CO/C=C1/CC=CO1. The highest BCUT2D eigenvalue weighted by Crippen LogP contribution is 2.12. The first-order valence-corrected chi connectivity index (χ1v) is 3.58. The van der Waals surface area contributed by atoms with E-state index >= 15 is 0 Å². The summed E-state index contributed by atoms with van der Waals surface area (Å²) in [6.45, 7) is 3.96. The molecule has 2 heteroatoms. The van der Waals surface area contributed by atoms with E-state index in [4.69, 9.17) is 9.47 Å². The maximum absolute atomic E-state index is 5.09. The van der Waals surface area contributed by atoms with Crippen LogP contribution in [0.1, 0.15) is 20.3 Å². The van der Waals surface area contributed by atoms with Crippen LogP contribution in [0.5, 0.6) is 0 Å². The van der Waals surface area contributed by atoms with Crippen molar-refractivity contribution < 1.29 is 9.47 Å². The van der Waals surface area contributed by atoms with Crippen LogP contribution in [-0.4, -0.2) is 0 Å². The molecular formula is C9H12O2. The Hall–Kier alpha value is -1.18. The molecule has 0 aromatic rings. The molecule has 2 nitrogen and oxygen atoms in total. The normalized spacial score (nSPS) is 18.2.